The van der Waals surface area contributed by atoms with Crippen LogP contribution in [0.25, 0.3) is 6.08 Å². The number of carbonyl (C=O) groups is 2. The Kier molecular flexibility index (Phi) is 5.39. The van der Waals surface area contributed by atoms with Crippen LogP contribution in [0.2, 0.25) is 15.1 Å². The summed E-state index contributed by atoms with van der Waals surface area (Å²) in [5.41, 5.74) is 0.531. The van der Waals surface area contributed by atoms with Crippen LogP contribution in [0.3, 0.4) is 0 Å². The topological polar surface area (TPSA) is 37.4 Å². The van der Waals surface area contributed by atoms with Crippen LogP contribution < -0.4 is 0 Å². The molecule has 0 spiro atoms. The molecule has 2 aromatic rings. The number of hydrogen-bond donors (Lipinski definition) is 0. The second-order valence-corrected chi connectivity index (χ2v) is 7.32. The summed E-state index contributed by atoms with van der Waals surface area (Å²) in [6, 6.07) is 9.10. The van der Waals surface area contributed by atoms with Crippen LogP contribution >= 0.6 is 46.6 Å². The molecule has 0 saturated carbocycles. The van der Waals surface area contributed by atoms with Crippen LogP contribution in [0.1, 0.15) is 11.1 Å². The van der Waals surface area contributed by atoms with Gasteiger partial charge in [0.15, 0.2) is 0 Å². The molecule has 3 rings (SSSR count). The molecule has 2 aromatic carbocycles. The normalized spacial score (nSPS) is 16.2. The van der Waals surface area contributed by atoms with Crippen molar-refractivity contribution in [2.75, 3.05) is 0 Å². The Morgan fingerprint density at radius 2 is 1.60 bits per heavy atom. The van der Waals surface area contributed by atoms with Crippen molar-refractivity contribution in [1.82, 2.24) is 4.90 Å². The largest absolute Gasteiger partial charge is 0.293 e. The number of benzene rings is 2. The molecule has 1 aliphatic heterocycles. The molecule has 1 fully saturated rings. The van der Waals surface area contributed by atoms with Crippen LogP contribution in [0.5, 0.6) is 0 Å². The van der Waals surface area contributed by atoms with E-state index in [0.717, 1.165) is 16.7 Å². The molecule has 0 atom stereocenters. The van der Waals surface area contributed by atoms with Crippen molar-refractivity contribution in [2.24, 2.45) is 0 Å². The molecule has 0 radical (unpaired) electrons. The predicted molar refractivity (Wildman–Crippen MR) is 99.4 cm³/mol. The van der Waals surface area contributed by atoms with E-state index in [1.807, 2.05) is 0 Å². The highest BCUT2D eigenvalue weighted by Gasteiger charge is 2.36. The Morgan fingerprint density at radius 3 is 2.24 bits per heavy atom. The lowest BCUT2D eigenvalue weighted by Crippen LogP contribution is -2.28. The van der Waals surface area contributed by atoms with E-state index >= 15 is 0 Å². The van der Waals surface area contributed by atoms with Gasteiger partial charge in [-0.15, -0.1) is 0 Å². The van der Waals surface area contributed by atoms with Crippen molar-refractivity contribution in [1.29, 1.82) is 0 Å². The molecular formula is C17H9Cl3FNO2S. The molecule has 8 heteroatoms. The van der Waals surface area contributed by atoms with Crippen LogP contribution in [-0.2, 0) is 11.3 Å². The van der Waals surface area contributed by atoms with Crippen molar-refractivity contribution in [3.05, 3.63) is 73.3 Å². The molecule has 0 aromatic heterocycles. The molecule has 128 valence electrons. The molecule has 0 aliphatic carbocycles. The van der Waals surface area contributed by atoms with Crippen LogP contribution in [-0.4, -0.2) is 16.0 Å². The molecule has 0 bridgehead atoms. The van der Waals surface area contributed by atoms with Crippen molar-refractivity contribution < 1.29 is 14.0 Å². The first kappa shape index (κ1) is 18.3. The maximum absolute atomic E-state index is 13.9. The van der Waals surface area contributed by atoms with Crippen molar-refractivity contribution in [3.8, 4) is 0 Å². The number of nitrogens with zero attached hydrogens (tertiary/aromatic N) is 1. The van der Waals surface area contributed by atoms with Gasteiger partial charge in [0.25, 0.3) is 11.1 Å². The molecule has 0 N–H and O–H groups in total. The summed E-state index contributed by atoms with van der Waals surface area (Å²) in [5.74, 6) is -1.13. The van der Waals surface area contributed by atoms with Gasteiger partial charge in [-0.25, -0.2) is 4.39 Å². The van der Waals surface area contributed by atoms with Gasteiger partial charge in [-0.05, 0) is 42.1 Å². The van der Waals surface area contributed by atoms with Crippen molar-refractivity contribution in [2.45, 2.75) is 6.54 Å². The fourth-order valence-corrected chi connectivity index (χ4v) is 3.81. The summed E-state index contributed by atoms with van der Waals surface area (Å²) >= 11 is 18.9. The van der Waals surface area contributed by atoms with Gasteiger partial charge in [0, 0.05) is 26.2 Å². The van der Waals surface area contributed by atoms with E-state index in [1.165, 1.54) is 24.3 Å². The van der Waals surface area contributed by atoms with Gasteiger partial charge in [-0.3, -0.25) is 14.5 Å². The predicted octanol–water partition coefficient (Wildman–Crippen LogP) is 6.02. The Bertz CT molecular complexity index is 876. The Balaban J connectivity index is 1.92. The van der Waals surface area contributed by atoms with Crippen molar-refractivity contribution >= 4 is 63.8 Å². The van der Waals surface area contributed by atoms with E-state index in [1.54, 1.807) is 18.2 Å². The molecule has 25 heavy (non-hydrogen) atoms. The minimum absolute atomic E-state index is 0.0866. The van der Waals surface area contributed by atoms with E-state index in [4.69, 9.17) is 34.8 Å². The van der Waals surface area contributed by atoms with E-state index in [2.05, 4.69) is 0 Å². The van der Waals surface area contributed by atoms with Gasteiger partial charge < -0.3 is 0 Å². The molecule has 1 saturated heterocycles. The zero-order valence-corrected chi connectivity index (χ0v) is 15.5. The first-order chi connectivity index (χ1) is 11.9. The fraction of sp³-hybridized carbons (Fsp3) is 0.0588. The summed E-state index contributed by atoms with van der Waals surface area (Å²) in [7, 11) is 0. The van der Waals surface area contributed by atoms with Gasteiger partial charge in [-0.1, -0.05) is 46.9 Å². The lowest BCUT2D eigenvalue weighted by Gasteiger charge is -2.14. The third kappa shape index (κ3) is 3.70. The highest BCUT2D eigenvalue weighted by molar-refractivity contribution is 8.18. The Morgan fingerprint density at radius 1 is 1.00 bits per heavy atom. The second kappa shape index (κ2) is 7.38. The van der Waals surface area contributed by atoms with Gasteiger partial charge in [0.1, 0.15) is 5.82 Å². The Hall–Kier alpha value is -1.53. The van der Waals surface area contributed by atoms with Gasteiger partial charge >= 0.3 is 0 Å². The molecule has 0 unspecified atom stereocenters. The number of rotatable bonds is 3. The average molecular weight is 417 g/mol. The standard InChI is InChI=1S/C17H9Cl3FNO2S/c18-11-3-1-4-12(19)9(11)7-15-16(23)22(17(24)25-15)8-10-13(20)5-2-6-14(10)21/h1-7H,8H2/b15-7+. The summed E-state index contributed by atoms with van der Waals surface area (Å²) < 4.78 is 13.9. The minimum atomic E-state index is -0.579. The van der Waals surface area contributed by atoms with E-state index in [0.29, 0.717) is 15.6 Å². The second-order valence-electron chi connectivity index (χ2n) is 5.10. The SMILES string of the molecule is O=C1S/C(=C/c2c(Cl)cccc2Cl)C(=O)N1Cc1c(F)cccc1Cl. The first-order valence-corrected chi connectivity index (χ1v) is 8.96. The van der Waals surface area contributed by atoms with Gasteiger partial charge in [-0.2, -0.15) is 0 Å². The fourth-order valence-electron chi connectivity index (χ4n) is 2.26. The highest BCUT2D eigenvalue weighted by Crippen LogP contribution is 2.37. The van der Waals surface area contributed by atoms with Crippen LogP contribution in [0.4, 0.5) is 9.18 Å². The van der Waals surface area contributed by atoms with Crippen LogP contribution in [0.15, 0.2) is 41.3 Å². The van der Waals surface area contributed by atoms with Crippen LogP contribution in [0, 0.1) is 5.82 Å². The number of thioether (sulfide) groups is 1. The zero-order valence-electron chi connectivity index (χ0n) is 12.4. The maximum atomic E-state index is 13.9. The quantitative estimate of drug-likeness (QED) is 0.574. The minimum Gasteiger partial charge on any atom is -0.268 e. The van der Waals surface area contributed by atoms with E-state index < -0.39 is 17.0 Å². The third-order valence-corrected chi connectivity index (χ3v) is 5.45. The number of amides is 2. The van der Waals surface area contributed by atoms with Crippen molar-refractivity contribution in [3.63, 3.8) is 0 Å². The number of imide groups is 1. The molecule has 1 aliphatic rings. The third-order valence-electron chi connectivity index (χ3n) is 3.53. The molecule has 2 amide bonds. The maximum Gasteiger partial charge on any atom is 0.293 e. The number of hydrogen-bond acceptors (Lipinski definition) is 3. The average Bonchev–Trinajstić information content (AvgIpc) is 2.81. The van der Waals surface area contributed by atoms with E-state index in [-0.39, 0.29) is 22.0 Å². The smallest absolute Gasteiger partial charge is 0.268 e. The Labute approximate surface area is 162 Å². The summed E-state index contributed by atoms with van der Waals surface area (Å²) in [6.45, 7) is -0.246. The monoisotopic (exact) mass is 415 g/mol. The van der Waals surface area contributed by atoms with Gasteiger partial charge in [0.2, 0.25) is 0 Å². The number of halogens is 4. The lowest BCUT2D eigenvalue weighted by atomic mass is 10.2. The molecular weight excluding hydrogens is 408 g/mol. The van der Waals surface area contributed by atoms with Gasteiger partial charge in [0.05, 0.1) is 11.4 Å². The highest BCUT2D eigenvalue weighted by atomic mass is 35.5. The number of carbonyl (C=O) groups excluding carboxylic acids is 2. The summed E-state index contributed by atoms with van der Waals surface area (Å²) in [6.07, 6.45) is 1.46. The lowest BCUT2D eigenvalue weighted by molar-refractivity contribution is -0.123. The molecule has 1 heterocycles. The van der Waals surface area contributed by atoms with E-state index in [9.17, 15) is 14.0 Å². The molecule has 3 nitrogen and oxygen atoms in total. The summed E-state index contributed by atoms with van der Waals surface area (Å²) in [4.78, 5) is 25.8. The first-order valence-electron chi connectivity index (χ1n) is 7.00. The summed E-state index contributed by atoms with van der Waals surface area (Å²) in [5, 5.41) is 0.351. The zero-order chi connectivity index (χ0) is 18.1.